The van der Waals surface area contributed by atoms with Crippen LogP contribution in [-0.4, -0.2) is 58.2 Å². The van der Waals surface area contributed by atoms with Crippen molar-refractivity contribution in [3.8, 4) is 0 Å². The maximum atomic E-state index is 12.4. The molecule has 2 aliphatic rings. The maximum Gasteiger partial charge on any atom is 0.337 e. The highest BCUT2D eigenvalue weighted by Gasteiger charge is 2.30. The van der Waals surface area contributed by atoms with Gasteiger partial charge in [0, 0.05) is 56.1 Å². The molecule has 0 radical (unpaired) electrons. The second-order valence-electron chi connectivity index (χ2n) is 6.93. The summed E-state index contributed by atoms with van der Waals surface area (Å²) in [5.41, 5.74) is 3.78. The Morgan fingerprint density at radius 1 is 1.25 bits per heavy atom. The van der Waals surface area contributed by atoms with Gasteiger partial charge in [-0.15, -0.1) is 0 Å². The molecule has 0 bridgehead atoms. The molecular formula is C21H30N2O4S. The number of methoxy groups -OCH3 is 1. The van der Waals surface area contributed by atoms with Crippen LogP contribution in [0.15, 0.2) is 18.2 Å². The minimum Gasteiger partial charge on any atom is -0.465 e. The maximum absolute atomic E-state index is 12.4. The van der Waals surface area contributed by atoms with Gasteiger partial charge in [-0.3, -0.25) is 8.87 Å². The van der Waals surface area contributed by atoms with E-state index in [1.165, 1.54) is 12.7 Å². The van der Waals surface area contributed by atoms with Gasteiger partial charge in [-0.2, -0.15) is 0 Å². The fourth-order valence-electron chi connectivity index (χ4n) is 4.24. The highest BCUT2D eigenvalue weighted by Crippen LogP contribution is 2.34. The van der Waals surface area contributed by atoms with Crippen molar-refractivity contribution in [2.75, 3.05) is 33.1 Å². The molecule has 1 aromatic heterocycles. The van der Waals surface area contributed by atoms with E-state index in [-0.39, 0.29) is 5.97 Å². The first-order valence-electron chi connectivity index (χ1n) is 10.0. The van der Waals surface area contributed by atoms with Crippen molar-refractivity contribution in [3.63, 3.8) is 0 Å². The lowest BCUT2D eigenvalue weighted by atomic mass is 9.99. The van der Waals surface area contributed by atoms with Gasteiger partial charge in [0.1, 0.15) is 11.0 Å². The Morgan fingerprint density at radius 2 is 1.96 bits per heavy atom. The van der Waals surface area contributed by atoms with Gasteiger partial charge in [0.05, 0.1) is 18.2 Å². The van der Waals surface area contributed by atoms with Crippen LogP contribution in [0.25, 0.3) is 10.9 Å². The number of benzene rings is 1. The summed E-state index contributed by atoms with van der Waals surface area (Å²) in [5, 5.41) is 1.01. The first-order valence-corrected chi connectivity index (χ1v) is 11.5. The molecule has 28 heavy (non-hydrogen) atoms. The van der Waals surface area contributed by atoms with Crippen LogP contribution in [0.1, 0.15) is 48.3 Å². The second kappa shape index (κ2) is 9.20. The van der Waals surface area contributed by atoms with Crippen molar-refractivity contribution >= 4 is 27.9 Å². The van der Waals surface area contributed by atoms with E-state index < -0.39 is 11.0 Å². The molecule has 0 spiro atoms. The van der Waals surface area contributed by atoms with Gasteiger partial charge in [-0.1, -0.05) is 13.8 Å². The lowest BCUT2D eigenvalue weighted by Crippen LogP contribution is -2.42. The molecule has 0 aliphatic carbocycles. The molecule has 0 amide bonds. The third-order valence-electron chi connectivity index (χ3n) is 5.52. The molecule has 1 unspecified atom stereocenters. The zero-order valence-corrected chi connectivity index (χ0v) is 18.0. The zero-order chi connectivity index (χ0) is 20.3. The normalized spacial score (nSPS) is 18.9. The summed E-state index contributed by atoms with van der Waals surface area (Å²) in [6.07, 6.45) is 4.69. The van der Waals surface area contributed by atoms with E-state index in [0.29, 0.717) is 11.6 Å². The van der Waals surface area contributed by atoms with E-state index in [0.717, 1.165) is 62.2 Å². The molecule has 6 nitrogen and oxygen atoms in total. The number of ether oxygens (including phenoxy) is 2. The van der Waals surface area contributed by atoms with Gasteiger partial charge in [-0.25, -0.2) is 9.00 Å². The summed E-state index contributed by atoms with van der Waals surface area (Å²) in [6.45, 7) is 7.43. The minimum absolute atomic E-state index is 0.344. The molecule has 1 saturated heterocycles. The Labute approximate surface area is 169 Å². The van der Waals surface area contributed by atoms with Crippen LogP contribution in [-0.2, 0) is 33.4 Å². The summed E-state index contributed by atoms with van der Waals surface area (Å²) in [6, 6.07) is 6.06. The average molecular weight is 407 g/mol. The molecule has 0 N–H and O–H groups in total. The van der Waals surface area contributed by atoms with E-state index in [4.69, 9.17) is 9.47 Å². The molecule has 1 aromatic carbocycles. The van der Waals surface area contributed by atoms with Gasteiger partial charge in [0.25, 0.3) is 0 Å². The molecule has 3 heterocycles. The van der Waals surface area contributed by atoms with Crippen LogP contribution in [0.2, 0.25) is 0 Å². The van der Waals surface area contributed by atoms with Crippen molar-refractivity contribution < 1.29 is 18.5 Å². The average Bonchev–Trinajstić information content (AvgIpc) is 3.08. The first-order chi connectivity index (χ1) is 13.6. The number of rotatable bonds is 3. The molecule has 2 aromatic rings. The smallest absolute Gasteiger partial charge is 0.337 e. The fourth-order valence-corrected chi connectivity index (χ4v) is 5.19. The quantitative estimate of drug-likeness (QED) is 0.733. The SMILES string of the molecule is CC.COC(=O)c1ccc2c(c1)c1c(n2S(C)=O)CCN(C2CCOCC2)C1. The van der Waals surface area contributed by atoms with Crippen molar-refractivity contribution in [1.82, 2.24) is 8.87 Å². The number of carbonyl (C=O) groups is 1. The molecule has 2 aliphatic heterocycles. The van der Waals surface area contributed by atoms with Crippen LogP contribution in [0.4, 0.5) is 0 Å². The van der Waals surface area contributed by atoms with Crippen molar-refractivity contribution in [3.05, 3.63) is 35.0 Å². The Balaban J connectivity index is 0.00000109. The van der Waals surface area contributed by atoms with E-state index in [1.54, 1.807) is 12.3 Å². The second-order valence-corrected chi connectivity index (χ2v) is 8.14. The number of hydrogen-bond donors (Lipinski definition) is 0. The molecule has 154 valence electrons. The summed E-state index contributed by atoms with van der Waals surface area (Å²) in [4.78, 5) is 14.5. The lowest BCUT2D eigenvalue weighted by Gasteiger charge is -2.37. The monoisotopic (exact) mass is 406 g/mol. The van der Waals surface area contributed by atoms with Crippen LogP contribution in [0.5, 0.6) is 0 Å². The lowest BCUT2D eigenvalue weighted by molar-refractivity contribution is 0.0291. The minimum atomic E-state index is -1.13. The Hall–Kier alpha value is -1.70. The summed E-state index contributed by atoms with van der Waals surface area (Å²) >= 11 is 0. The number of esters is 1. The van der Waals surface area contributed by atoms with E-state index in [2.05, 4.69) is 4.90 Å². The van der Waals surface area contributed by atoms with E-state index in [1.807, 2.05) is 30.0 Å². The van der Waals surface area contributed by atoms with E-state index >= 15 is 0 Å². The number of aromatic nitrogens is 1. The largest absolute Gasteiger partial charge is 0.465 e. The topological polar surface area (TPSA) is 60.8 Å². The van der Waals surface area contributed by atoms with Crippen LogP contribution >= 0.6 is 0 Å². The molecule has 0 saturated carbocycles. The van der Waals surface area contributed by atoms with Crippen molar-refractivity contribution in [2.24, 2.45) is 0 Å². The summed E-state index contributed by atoms with van der Waals surface area (Å²) in [5.74, 6) is -0.344. The number of hydrogen-bond acceptors (Lipinski definition) is 5. The predicted molar refractivity (Wildman–Crippen MR) is 112 cm³/mol. The number of fused-ring (bicyclic) bond motifs is 3. The van der Waals surface area contributed by atoms with Crippen LogP contribution < -0.4 is 0 Å². The molecule has 1 atom stereocenters. The highest BCUT2D eigenvalue weighted by molar-refractivity contribution is 7.82. The third-order valence-corrected chi connectivity index (χ3v) is 6.45. The number of nitrogens with zero attached hydrogens (tertiary/aromatic N) is 2. The summed E-state index contributed by atoms with van der Waals surface area (Å²) in [7, 11) is 0.255. The number of carbonyl (C=O) groups excluding carboxylic acids is 1. The first kappa shape index (κ1) is 21.0. The van der Waals surface area contributed by atoms with Gasteiger partial charge < -0.3 is 9.47 Å². The van der Waals surface area contributed by atoms with Crippen LogP contribution in [0.3, 0.4) is 0 Å². The molecule has 4 rings (SSSR count). The molecule has 1 fully saturated rings. The Bertz CT molecular complexity index is 871. The molecule has 7 heteroatoms. The van der Waals surface area contributed by atoms with Gasteiger partial charge in [0.15, 0.2) is 0 Å². The Kier molecular flexibility index (Phi) is 6.91. The van der Waals surface area contributed by atoms with Crippen molar-refractivity contribution in [1.29, 1.82) is 0 Å². The van der Waals surface area contributed by atoms with Crippen LogP contribution in [0, 0.1) is 0 Å². The highest BCUT2D eigenvalue weighted by atomic mass is 32.2. The van der Waals surface area contributed by atoms with E-state index in [9.17, 15) is 9.00 Å². The summed E-state index contributed by atoms with van der Waals surface area (Å²) < 4.78 is 24.7. The predicted octanol–water partition coefficient (Wildman–Crippen LogP) is 3.13. The standard InChI is InChI=1S/C19H24N2O4S.C2H6/c1-24-19(22)13-3-4-17-15(11-13)16-12-20(14-6-9-25-10-7-14)8-5-18(16)21(17)26(2)23;1-2/h3-4,11,14H,5-10,12H2,1-2H3;1-2H3. The van der Waals surface area contributed by atoms with Gasteiger partial charge >= 0.3 is 5.97 Å². The zero-order valence-electron chi connectivity index (χ0n) is 17.2. The molecular weight excluding hydrogens is 376 g/mol. The fraction of sp³-hybridized carbons (Fsp3) is 0.571. The van der Waals surface area contributed by atoms with Gasteiger partial charge in [-0.05, 0) is 36.6 Å². The van der Waals surface area contributed by atoms with Gasteiger partial charge in [0.2, 0.25) is 0 Å². The Morgan fingerprint density at radius 3 is 2.61 bits per heavy atom. The van der Waals surface area contributed by atoms with Crippen molar-refractivity contribution in [2.45, 2.75) is 45.7 Å². The third kappa shape index (κ3) is 3.88.